The molecule has 0 saturated carbocycles. The second-order valence-electron chi connectivity index (χ2n) is 4.16. The van der Waals surface area contributed by atoms with Crippen molar-refractivity contribution in [3.05, 3.63) is 0 Å². The Hall–Kier alpha value is -0.160. The molecule has 0 saturated heterocycles. The Morgan fingerprint density at radius 2 is 1.87 bits per heavy atom. The van der Waals surface area contributed by atoms with Crippen LogP contribution >= 0.6 is 0 Å². The number of rotatable bonds is 9. The van der Waals surface area contributed by atoms with E-state index in [0.29, 0.717) is 38.3 Å². The minimum Gasteiger partial charge on any atom is -0.389 e. The van der Waals surface area contributed by atoms with Crippen molar-refractivity contribution in [1.82, 2.24) is 5.32 Å². The monoisotopic (exact) mass is 219 g/mol. The predicted molar refractivity (Wildman–Crippen MR) is 61.0 cm³/mol. The largest absolute Gasteiger partial charge is 0.389 e. The van der Waals surface area contributed by atoms with Crippen LogP contribution in [-0.4, -0.2) is 50.7 Å². The van der Waals surface area contributed by atoms with E-state index in [4.69, 9.17) is 9.47 Å². The maximum Gasteiger partial charge on any atom is 0.0897 e. The van der Waals surface area contributed by atoms with Gasteiger partial charge in [-0.05, 0) is 12.8 Å². The Kier molecular flexibility index (Phi) is 9.00. The van der Waals surface area contributed by atoms with E-state index in [9.17, 15) is 5.11 Å². The molecule has 4 nitrogen and oxygen atoms in total. The van der Waals surface area contributed by atoms with Gasteiger partial charge in [-0.2, -0.15) is 0 Å². The van der Waals surface area contributed by atoms with Crippen molar-refractivity contribution >= 4 is 0 Å². The number of hydrogen-bond acceptors (Lipinski definition) is 4. The Morgan fingerprint density at radius 3 is 2.40 bits per heavy atom. The summed E-state index contributed by atoms with van der Waals surface area (Å²) < 4.78 is 10.0. The summed E-state index contributed by atoms with van der Waals surface area (Å²) in [7, 11) is 1.63. The first-order chi connectivity index (χ1) is 7.07. The van der Waals surface area contributed by atoms with Gasteiger partial charge in [-0.1, -0.05) is 13.8 Å². The van der Waals surface area contributed by atoms with Crippen molar-refractivity contribution in [2.24, 2.45) is 5.92 Å². The van der Waals surface area contributed by atoms with E-state index in [1.807, 2.05) is 0 Å². The second-order valence-corrected chi connectivity index (χ2v) is 4.16. The zero-order valence-corrected chi connectivity index (χ0v) is 10.3. The van der Waals surface area contributed by atoms with Gasteiger partial charge in [0.15, 0.2) is 0 Å². The van der Waals surface area contributed by atoms with Gasteiger partial charge in [0.05, 0.1) is 25.9 Å². The van der Waals surface area contributed by atoms with Crippen molar-refractivity contribution in [2.45, 2.75) is 32.9 Å². The Balaban J connectivity index is 3.36. The number of methoxy groups -OCH3 is 1. The minimum absolute atomic E-state index is 0.362. The fourth-order valence-corrected chi connectivity index (χ4v) is 0.978. The molecule has 0 aromatic heterocycles. The predicted octanol–water partition coefficient (Wildman–Crippen LogP) is 0.644. The highest BCUT2D eigenvalue weighted by Gasteiger charge is 2.09. The van der Waals surface area contributed by atoms with E-state index >= 15 is 0 Å². The number of aliphatic hydroxyl groups is 1. The molecule has 4 heteroatoms. The molecular weight excluding hydrogens is 194 g/mol. The molecule has 92 valence electrons. The van der Waals surface area contributed by atoms with Crippen LogP contribution in [0.15, 0.2) is 0 Å². The van der Waals surface area contributed by atoms with Crippen molar-refractivity contribution in [3.8, 4) is 0 Å². The van der Waals surface area contributed by atoms with E-state index in [-0.39, 0.29) is 0 Å². The standard InChI is InChI=1S/C11H25NO3/c1-9(2)10(3)12-7-11(13)8-15-6-5-14-4/h9-13H,5-8H2,1-4H3. The Bertz CT molecular complexity index is 142. The summed E-state index contributed by atoms with van der Waals surface area (Å²) in [4.78, 5) is 0. The van der Waals surface area contributed by atoms with Gasteiger partial charge in [-0.15, -0.1) is 0 Å². The number of nitrogens with one attached hydrogen (secondary N) is 1. The van der Waals surface area contributed by atoms with Gasteiger partial charge in [0.25, 0.3) is 0 Å². The molecule has 0 heterocycles. The lowest BCUT2D eigenvalue weighted by Crippen LogP contribution is -2.38. The lowest BCUT2D eigenvalue weighted by molar-refractivity contribution is 0.0126. The number of ether oxygens (including phenoxy) is 2. The van der Waals surface area contributed by atoms with E-state index < -0.39 is 6.10 Å². The SMILES string of the molecule is COCCOCC(O)CNC(C)C(C)C. The normalized spacial score (nSPS) is 15.6. The van der Waals surface area contributed by atoms with Crippen LogP contribution in [0.3, 0.4) is 0 Å². The van der Waals surface area contributed by atoms with Crippen LogP contribution in [0.2, 0.25) is 0 Å². The van der Waals surface area contributed by atoms with Crippen molar-refractivity contribution in [3.63, 3.8) is 0 Å². The van der Waals surface area contributed by atoms with E-state index in [1.165, 1.54) is 0 Å². The first kappa shape index (κ1) is 14.8. The van der Waals surface area contributed by atoms with Crippen LogP contribution in [0.25, 0.3) is 0 Å². The summed E-state index contributed by atoms with van der Waals surface area (Å²) >= 11 is 0. The molecule has 0 amide bonds. The molecule has 0 fully saturated rings. The molecule has 0 aliphatic rings. The Morgan fingerprint density at radius 1 is 1.20 bits per heavy atom. The molecule has 0 radical (unpaired) electrons. The van der Waals surface area contributed by atoms with Crippen LogP contribution in [0.4, 0.5) is 0 Å². The van der Waals surface area contributed by atoms with Gasteiger partial charge in [-0.3, -0.25) is 0 Å². The van der Waals surface area contributed by atoms with Gasteiger partial charge in [-0.25, -0.2) is 0 Å². The highest BCUT2D eigenvalue weighted by atomic mass is 16.5. The molecule has 0 rings (SSSR count). The lowest BCUT2D eigenvalue weighted by atomic mass is 10.1. The number of hydrogen-bond donors (Lipinski definition) is 2. The highest BCUT2D eigenvalue weighted by Crippen LogP contribution is 1.99. The maximum atomic E-state index is 9.55. The lowest BCUT2D eigenvalue weighted by Gasteiger charge is -2.19. The average molecular weight is 219 g/mol. The van der Waals surface area contributed by atoms with Crippen molar-refractivity contribution < 1.29 is 14.6 Å². The van der Waals surface area contributed by atoms with Gasteiger partial charge in [0.2, 0.25) is 0 Å². The molecule has 2 N–H and O–H groups in total. The second kappa shape index (κ2) is 9.09. The zero-order chi connectivity index (χ0) is 11.7. The van der Waals surface area contributed by atoms with Crippen LogP contribution < -0.4 is 5.32 Å². The van der Waals surface area contributed by atoms with E-state index in [2.05, 4.69) is 26.1 Å². The van der Waals surface area contributed by atoms with Crippen LogP contribution in [0.5, 0.6) is 0 Å². The van der Waals surface area contributed by atoms with Crippen LogP contribution in [-0.2, 0) is 9.47 Å². The summed E-state index contributed by atoms with van der Waals surface area (Å²) in [5.74, 6) is 0.576. The maximum absolute atomic E-state index is 9.55. The summed E-state index contributed by atoms with van der Waals surface area (Å²) in [6, 6.07) is 0.415. The molecule has 0 bridgehead atoms. The smallest absolute Gasteiger partial charge is 0.0897 e. The molecule has 2 atom stereocenters. The van der Waals surface area contributed by atoms with Gasteiger partial charge in [0.1, 0.15) is 0 Å². The van der Waals surface area contributed by atoms with Crippen LogP contribution in [0, 0.1) is 5.92 Å². The van der Waals surface area contributed by atoms with Gasteiger partial charge in [0, 0.05) is 19.7 Å². The highest BCUT2D eigenvalue weighted by molar-refractivity contribution is 4.67. The number of aliphatic hydroxyl groups excluding tert-OH is 1. The summed E-state index contributed by atoms with van der Waals surface area (Å²) in [5.41, 5.74) is 0. The van der Waals surface area contributed by atoms with Crippen molar-refractivity contribution in [1.29, 1.82) is 0 Å². The van der Waals surface area contributed by atoms with Crippen molar-refractivity contribution in [2.75, 3.05) is 33.5 Å². The van der Waals surface area contributed by atoms with Gasteiger partial charge < -0.3 is 19.9 Å². The fourth-order valence-electron chi connectivity index (χ4n) is 0.978. The topological polar surface area (TPSA) is 50.7 Å². The first-order valence-electron chi connectivity index (χ1n) is 5.56. The molecule has 15 heavy (non-hydrogen) atoms. The molecule has 0 aromatic rings. The third-order valence-electron chi connectivity index (χ3n) is 2.42. The quantitative estimate of drug-likeness (QED) is 0.559. The van der Waals surface area contributed by atoms with Gasteiger partial charge >= 0.3 is 0 Å². The molecule has 0 spiro atoms. The third-order valence-corrected chi connectivity index (χ3v) is 2.42. The van der Waals surface area contributed by atoms with E-state index in [0.717, 1.165) is 0 Å². The average Bonchev–Trinajstić information content (AvgIpc) is 2.20. The molecule has 0 aliphatic carbocycles. The Labute approximate surface area is 93.0 Å². The first-order valence-corrected chi connectivity index (χ1v) is 5.56. The summed E-state index contributed by atoms with van der Waals surface area (Å²) in [6.45, 7) is 8.46. The molecule has 2 unspecified atom stereocenters. The van der Waals surface area contributed by atoms with E-state index in [1.54, 1.807) is 7.11 Å². The summed E-state index contributed by atoms with van der Waals surface area (Å²) in [6.07, 6.45) is -0.442. The summed E-state index contributed by atoms with van der Waals surface area (Å²) in [5, 5.41) is 12.8. The molecule has 0 aliphatic heterocycles. The zero-order valence-electron chi connectivity index (χ0n) is 10.3. The molecule has 0 aromatic carbocycles. The fraction of sp³-hybridized carbons (Fsp3) is 1.00. The van der Waals surface area contributed by atoms with Crippen LogP contribution in [0.1, 0.15) is 20.8 Å². The minimum atomic E-state index is -0.442. The molecular formula is C11H25NO3. The third kappa shape index (κ3) is 8.81.